The van der Waals surface area contributed by atoms with Crippen molar-refractivity contribution in [3.63, 3.8) is 0 Å². The summed E-state index contributed by atoms with van der Waals surface area (Å²) in [6.45, 7) is 6.58. The van der Waals surface area contributed by atoms with Crippen LogP contribution in [0.2, 0.25) is 0 Å². The van der Waals surface area contributed by atoms with Gasteiger partial charge >= 0.3 is 5.97 Å². The van der Waals surface area contributed by atoms with E-state index in [2.05, 4.69) is 20.8 Å². The normalized spacial score (nSPS) is 29.2. The average molecular weight is 270 g/mol. The Bertz CT molecular complexity index is 324. The first-order valence-electron chi connectivity index (χ1n) is 7.23. The lowest BCUT2D eigenvalue weighted by Gasteiger charge is -2.37. The molecule has 0 spiro atoms. The second-order valence-electron chi connectivity index (χ2n) is 6.39. The molecule has 4 heteroatoms. The number of aliphatic hydroxyl groups is 1. The third kappa shape index (κ3) is 4.94. The smallest absolute Gasteiger partial charge is 0.332 e. The van der Waals surface area contributed by atoms with Gasteiger partial charge in [-0.3, -0.25) is 4.79 Å². The van der Waals surface area contributed by atoms with E-state index in [-0.39, 0.29) is 12.2 Å². The molecule has 0 aliphatic heterocycles. The molecule has 0 saturated heterocycles. The number of hydrogen-bond donors (Lipinski definition) is 2. The maximum absolute atomic E-state index is 11.9. The summed E-state index contributed by atoms with van der Waals surface area (Å²) in [7, 11) is 0. The summed E-state index contributed by atoms with van der Waals surface area (Å²) in [4.78, 5) is 22.4. The Morgan fingerprint density at radius 3 is 2.42 bits per heavy atom. The van der Waals surface area contributed by atoms with Gasteiger partial charge in [0.15, 0.2) is 6.10 Å². The van der Waals surface area contributed by atoms with Crippen molar-refractivity contribution in [1.29, 1.82) is 0 Å². The van der Waals surface area contributed by atoms with E-state index in [1.807, 2.05) is 0 Å². The fraction of sp³-hybridized carbons (Fsp3) is 0.867. The summed E-state index contributed by atoms with van der Waals surface area (Å²) in [5.41, 5.74) is 0. The van der Waals surface area contributed by atoms with E-state index in [0.29, 0.717) is 30.1 Å². The number of Topliss-reactive ketones (excluding diaryl/α,β-unsaturated/α-hetero) is 1. The van der Waals surface area contributed by atoms with E-state index >= 15 is 0 Å². The van der Waals surface area contributed by atoms with Crippen LogP contribution in [0.3, 0.4) is 0 Å². The predicted molar refractivity (Wildman–Crippen MR) is 72.7 cm³/mol. The van der Waals surface area contributed by atoms with Gasteiger partial charge in [0.1, 0.15) is 5.78 Å². The van der Waals surface area contributed by atoms with Gasteiger partial charge in [0.05, 0.1) is 0 Å². The molecule has 2 N–H and O–H groups in total. The fourth-order valence-corrected chi connectivity index (χ4v) is 3.31. The molecule has 4 unspecified atom stereocenters. The minimum atomic E-state index is -1.55. The minimum Gasteiger partial charge on any atom is -0.479 e. The molecule has 0 aromatic rings. The van der Waals surface area contributed by atoms with E-state index in [1.165, 1.54) is 6.42 Å². The van der Waals surface area contributed by atoms with Gasteiger partial charge in [0.2, 0.25) is 0 Å². The van der Waals surface area contributed by atoms with Gasteiger partial charge in [-0.15, -0.1) is 0 Å². The molecular weight excluding hydrogens is 244 g/mol. The van der Waals surface area contributed by atoms with Crippen LogP contribution < -0.4 is 0 Å². The summed E-state index contributed by atoms with van der Waals surface area (Å²) in [5.74, 6) is 0.636. The number of carboxylic acids is 1. The molecule has 0 heterocycles. The molecule has 1 aliphatic rings. The zero-order valence-corrected chi connectivity index (χ0v) is 12.1. The van der Waals surface area contributed by atoms with E-state index in [4.69, 9.17) is 5.11 Å². The van der Waals surface area contributed by atoms with E-state index < -0.39 is 12.1 Å². The maximum Gasteiger partial charge on any atom is 0.332 e. The zero-order valence-electron chi connectivity index (χ0n) is 12.1. The average Bonchev–Trinajstić information content (AvgIpc) is 2.27. The van der Waals surface area contributed by atoms with Gasteiger partial charge in [0.25, 0.3) is 0 Å². The summed E-state index contributed by atoms with van der Waals surface area (Å²) < 4.78 is 0. The molecule has 1 aliphatic carbocycles. The number of carbonyl (C=O) groups is 2. The SMILES string of the molecule is CC1CCC(C(C)C)C(CC(=O)CC(O)C(=O)O)C1. The molecule has 0 radical (unpaired) electrons. The quantitative estimate of drug-likeness (QED) is 0.777. The Morgan fingerprint density at radius 2 is 1.89 bits per heavy atom. The molecule has 0 aromatic carbocycles. The fourth-order valence-electron chi connectivity index (χ4n) is 3.31. The topological polar surface area (TPSA) is 74.6 Å². The molecule has 0 amide bonds. The number of carboxylic acid groups (broad SMARTS) is 1. The Morgan fingerprint density at radius 1 is 1.26 bits per heavy atom. The lowest BCUT2D eigenvalue weighted by Crippen LogP contribution is -2.31. The highest BCUT2D eigenvalue weighted by atomic mass is 16.4. The van der Waals surface area contributed by atoms with Crippen LogP contribution in [0.4, 0.5) is 0 Å². The zero-order chi connectivity index (χ0) is 14.6. The van der Waals surface area contributed by atoms with Gasteiger partial charge in [-0.05, 0) is 36.5 Å². The van der Waals surface area contributed by atoms with Crippen LogP contribution in [-0.4, -0.2) is 28.1 Å². The number of ketones is 1. The molecule has 19 heavy (non-hydrogen) atoms. The number of aliphatic carboxylic acids is 1. The van der Waals surface area contributed by atoms with Crippen LogP contribution in [0.5, 0.6) is 0 Å². The summed E-state index contributed by atoms with van der Waals surface area (Å²) in [6, 6.07) is 0. The first-order chi connectivity index (χ1) is 8.81. The van der Waals surface area contributed by atoms with Crippen molar-refractivity contribution in [2.24, 2.45) is 23.7 Å². The van der Waals surface area contributed by atoms with Crippen LogP contribution in [0, 0.1) is 23.7 Å². The lowest BCUT2D eigenvalue weighted by atomic mass is 9.68. The first kappa shape index (κ1) is 16.2. The van der Waals surface area contributed by atoms with E-state index in [0.717, 1.165) is 12.8 Å². The Labute approximate surface area is 115 Å². The van der Waals surface area contributed by atoms with E-state index in [1.54, 1.807) is 0 Å². The van der Waals surface area contributed by atoms with Gasteiger partial charge in [-0.2, -0.15) is 0 Å². The molecule has 1 fully saturated rings. The summed E-state index contributed by atoms with van der Waals surface area (Å²) >= 11 is 0. The van der Waals surface area contributed by atoms with Crippen molar-refractivity contribution in [1.82, 2.24) is 0 Å². The van der Waals surface area contributed by atoms with Gasteiger partial charge < -0.3 is 10.2 Å². The molecule has 1 rings (SSSR count). The van der Waals surface area contributed by atoms with E-state index in [9.17, 15) is 14.7 Å². The molecule has 0 aromatic heterocycles. The Hall–Kier alpha value is -0.900. The second-order valence-corrected chi connectivity index (χ2v) is 6.39. The molecule has 4 atom stereocenters. The molecule has 1 saturated carbocycles. The third-order valence-electron chi connectivity index (χ3n) is 4.36. The minimum absolute atomic E-state index is 0.125. The van der Waals surface area contributed by atoms with Crippen molar-refractivity contribution in [2.75, 3.05) is 0 Å². The standard InChI is InChI=1S/C15H26O4/c1-9(2)13-5-4-10(3)6-11(13)7-12(16)8-14(17)15(18)19/h9-11,13-14,17H,4-8H2,1-3H3,(H,18,19). The molecule has 4 nitrogen and oxygen atoms in total. The molecule has 110 valence electrons. The van der Waals surface area contributed by atoms with Crippen molar-refractivity contribution in [3.8, 4) is 0 Å². The van der Waals surface area contributed by atoms with Crippen molar-refractivity contribution in [2.45, 2.75) is 59.0 Å². The number of aliphatic hydroxyl groups excluding tert-OH is 1. The van der Waals surface area contributed by atoms with Crippen LogP contribution in [0.1, 0.15) is 52.9 Å². The summed E-state index contributed by atoms with van der Waals surface area (Å²) in [5, 5.41) is 17.8. The largest absolute Gasteiger partial charge is 0.479 e. The van der Waals surface area contributed by atoms with Crippen LogP contribution in [0.15, 0.2) is 0 Å². The first-order valence-corrected chi connectivity index (χ1v) is 7.23. The maximum atomic E-state index is 11.9. The molecular formula is C15H26O4. The molecule has 0 bridgehead atoms. The third-order valence-corrected chi connectivity index (χ3v) is 4.36. The Balaban J connectivity index is 2.56. The van der Waals surface area contributed by atoms with Gasteiger partial charge in [-0.25, -0.2) is 4.79 Å². The highest BCUT2D eigenvalue weighted by Crippen LogP contribution is 2.39. The second kappa shape index (κ2) is 7.04. The highest BCUT2D eigenvalue weighted by Gasteiger charge is 2.32. The van der Waals surface area contributed by atoms with Crippen molar-refractivity contribution >= 4 is 11.8 Å². The highest BCUT2D eigenvalue weighted by molar-refractivity contribution is 5.85. The number of hydrogen-bond acceptors (Lipinski definition) is 3. The van der Waals surface area contributed by atoms with Crippen LogP contribution in [0.25, 0.3) is 0 Å². The van der Waals surface area contributed by atoms with Gasteiger partial charge in [-0.1, -0.05) is 27.2 Å². The van der Waals surface area contributed by atoms with Gasteiger partial charge in [0, 0.05) is 12.8 Å². The van der Waals surface area contributed by atoms with Crippen LogP contribution in [-0.2, 0) is 9.59 Å². The summed E-state index contributed by atoms with van der Waals surface area (Å²) in [6.07, 6.45) is 2.01. The number of carbonyl (C=O) groups excluding carboxylic acids is 1. The van der Waals surface area contributed by atoms with Crippen LogP contribution >= 0.6 is 0 Å². The monoisotopic (exact) mass is 270 g/mol. The van der Waals surface area contributed by atoms with Crippen molar-refractivity contribution in [3.05, 3.63) is 0 Å². The Kier molecular flexibility index (Phi) is 5.98. The number of rotatable bonds is 6. The predicted octanol–water partition coefficient (Wildman–Crippen LogP) is 2.49. The van der Waals surface area contributed by atoms with Crippen molar-refractivity contribution < 1.29 is 19.8 Å². The lowest BCUT2D eigenvalue weighted by molar-refractivity contribution is -0.149.